The summed E-state index contributed by atoms with van der Waals surface area (Å²) in [7, 11) is 0. The van der Waals surface area contributed by atoms with E-state index in [9.17, 15) is 18.4 Å². The first-order valence-electron chi connectivity index (χ1n) is 8.88. The molecule has 3 aromatic rings. The number of hydrogen-bond acceptors (Lipinski definition) is 3. The number of amides is 2. The van der Waals surface area contributed by atoms with Crippen molar-refractivity contribution in [3.63, 3.8) is 0 Å². The summed E-state index contributed by atoms with van der Waals surface area (Å²) in [4.78, 5) is 26.0. The third-order valence-corrected chi connectivity index (χ3v) is 5.74. The van der Waals surface area contributed by atoms with E-state index >= 15 is 0 Å². The third kappa shape index (κ3) is 4.00. The van der Waals surface area contributed by atoms with Crippen LogP contribution in [0, 0.1) is 11.6 Å². The van der Waals surface area contributed by atoms with Crippen LogP contribution < -0.4 is 10.2 Å². The molecule has 1 saturated heterocycles. The van der Waals surface area contributed by atoms with Crippen LogP contribution in [0.15, 0.2) is 72.8 Å². The first-order valence-corrected chi connectivity index (χ1v) is 9.93. The van der Waals surface area contributed by atoms with Crippen LogP contribution in [0.5, 0.6) is 0 Å². The molecule has 29 heavy (non-hydrogen) atoms. The molecule has 0 unspecified atom stereocenters. The maximum absolute atomic E-state index is 14.2. The number of carbonyl (C=O) groups is 2. The Kier molecular flexibility index (Phi) is 5.31. The highest BCUT2D eigenvalue weighted by Gasteiger charge is 2.35. The molecule has 1 fully saturated rings. The summed E-state index contributed by atoms with van der Waals surface area (Å²) < 4.78 is 27.5. The van der Waals surface area contributed by atoms with Gasteiger partial charge in [-0.15, -0.1) is 11.8 Å². The van der Waals surface area contributed by atoms with Gasteiger partial charge >= 0.3 is 0 Å². The minimum absolute atomic E-state index is 0.0489. The van der Waals surface area contributed by atoms with E-state index in [0.717, 1.165) is 17.7 Å². The Hall–Kier alpha value is -3.19. The van der Waals surface area contributed by atoms with E-state index < -0.39 is 17.0 Å². The average Bonchev–Trinajstić information content (AvgIpc) is 3.10. The van der Waals surface area contributed by atoms with Gasteiger partial charge in [0.25, 0.3) is 5.91 Å². The van der Waals surface area contributed by atoms with Gasteiger partial charge in [0, 0.05) is 17.3 Å². The number of hydrogen-bond donors (Lipinski definition) is 1. The summed E-state index contributed by atoms with van der Waals surface area (Å²) in [6.45, 7) is 0. The lowest BCUT2D eigenvalue weighted by atomic mass is 10.1. The maximum atomic E-state index is 14.2. The Bertz CT molecular complexity index is 1060. The van der Waals surface area contributed by atoms with Crippen molar-refractivity contribution in [2.75, 3.05) is 16.0 Å². The molecule has 1 atom stereocenters. The van der Waals surface area contributed by atoms with E-state index in [-0.39, 0.29) is 23.3 Å². The smallest absolute Gasteiger partial charge is 0.255 e. The van der Waals surface area contributed by atoms with Crippen LogP contribution in [0.1, 0.15) is 21.3 Å². The molecule has 1 aliphatic heterocycles. The summed E-state index contributed by atoms with van der Waals surface area (Å²) in [6, 6.07) is 19.1. The number of thioether (sulfide) groups is 1. The molecule has 0 radical (unpaired) electrons. The third-order valence-electron chi connectivity index (χ3n) is 4.53. The van der Waals surface area contributed by atoms with E-state index in [1.807, 2.05) is 6.07 Å². The molecule has 0 aliphatic carbocycles. The topological polar surface area (TPSA) is 49.4 Å². The highest BCUT2D eigenvalue weighted by Crippen LogP contribution is 2.42. The number of nitrogens with zero attached hydrogens (tertiary/aromatic N) is 1. The highest BCUT2D eigenvalue weighted by molar-refractivity contribution is 8.00. The molecule has 0 saturated carbocycles. The van der Waals surface area contributed by atoms with E-state index in [1.54, 1.807) is 48.5 Å². The van der Waals surface area contributed by atoms with Crippen molar-refractivity contribution in [1.82, 2.24) is 0 Å². The standard InChI is InChI=1S/C22H16F2N2O2S/c23-16-8-11-19(18(24)12-16)26-20(27)13-29-22(26)15-6-9-17(10-7-15)25-21(28)14-4-2-1-3-5-14/h1-12,22H,13H2,(H,25,28)/t22-/m0/s1. The molecule has 3 aromatic carbocycles. The number of halogens is 2. The molecule has 0 bridgehead atoms. The Labute approximate surface area is 170 Å². The summed E-state index contributed by atoms with van der Waals surface area (Å²) in [5, 5.41) is 2.39. The lowest BCUT2D eigenvalue weighted by Crippen LogP contribution is -2.28. The molecule has 4 nitrogen and oxygen atoms in total. The van der Waals surface area contributed by atoms with Crippen LogP contribution in [0.4, 0.5) is 20.2 Å². The number of nitrogens with one attached hydrogen (secondary N) is 1. The van der Waals surface area contributed by atoms with Gasteiger partial charge < -0.3 is 5.32 Å². The fourth-order valence-corrected chi connectivity index (χ4v) is 4.30. The van der Waals surface area contributed by atoms with Crippen LogP contribution >= 0.6 is 11.8 Å². The second-order valence-corrected chi connectivity index (χ2v) is 7.53. The SMILES string of the molecule is O=C(Nc1ccc([C@@H]2SCC(=O)N2c2ccc(F)cc2F)cc1)c1ccccc1. The zero-order valence-corrected chi connectivity index (χ0v) is 16.0. The largest absolute Gasteiger partial charge is 0.322 e. The molecule has 1 aliphatic rings. The molecule has 1 heterocycles. The van der Waals surface area contributed by atoms with Crippen molar-refractivity contribution in [1.29, 1.82) is 0 Å². The van der Waals surface area contributed by atoms with Gasteiger partial charge in [-0.05, 0) is 42.0 Å². The molecule has 2 amide bonds. The van der Waals surface area contributed by atoms with E-state index in [1.165, 1.54) is 22.7 Å². The molecule has 1 N–H and O–H groups in total. The normalized spacial score (nSPS) is 16.1. The Morgan fingerprint density at radius 2 is 1.72 bits per heavy atom. The van der Waals surface area contributed by atoms with Gasteiger partial charge in [0.1, 0.15) is 17.0 Å². The van der Waals surface area contributed by atoms with Crippen LogP contribution in [0.25, 0.3) is 0 Å². The fourth-order valence-electron chi connectivity index (χ4n) is 3.13. The molecule has 0 spiro atoms. The second-order valence-electron chi connectivity index (χ2n) is 6.46. The minimum atomic E-state index is -0.780. The van der Waals surface area contributed by atoms with Crippen LogP contribution in [0.3, 0.4) is 0 Å². The first kappa shape index (κ1) is 19.1. The monoisotopic (exact) mass is 410 g/mol. The Morgan fingerprint density at radius 3 is 2.41 bits per heavy atom. The van der Waals surface area contributed by atoms with Crippen LogP contribution in [0.2, 0.25) is 0 Å². The first-order chi connectivity index (χ1) is 14.0. The quantitative estimate of drug-likeness (QED) is 0.659. The van der Waals surface area contributed by atoms with Gasteiger partial charge in [0.15, 0.2) is 0 Å². The molecule has 146 valence electrons. The van der Waals surface area contributed by atoms with Gasteiger partial charge in [-0.3, -0.25) is 14.5 Å². The molecule has 0 aromatic heterocycles. The highest BCUT2D eigenvalue weighted by atomic mass is 32.2. The van der Waals surface area contributed by atoms with Gasteiger partial charge in [0.05, 0.1) is 11.4 Å². The van der Waals surface area contributed by atoms with Gasteiger partial charge in [-0.2, -0.15) is 0 Å². The zero-order chi connectivity index (χ0) is 20.4. The van der Waals surface area contributed by atoms with Crippen LogP contribution in [-0.2, 0) is 4.79 Å². The van der Waals surface area contributed by atoms with Crippen molar-refractivity contribution in [3.05, 3.63) is 95.6 Å². The van der Waals surface area contributed by atoms with Gasteiger partial charge in [0.2, 0.25) is 5.91 Å². The van der Waals surface area contributed by atoms with Crippen molar-refractivity contribution < 1.29 is 18.4 Å². The van der Waals surface area contributed by atoms with Crippen LogP contribution in [-0.4, -0.2) is 17.6 Å². The predicted octanol–water partition coefficient (Wildman–Crippen LogP) is 5.00. The van der Waals surface area contributed by atoms with E-state index in [2.05, 4.69) is 5.32 Å². The molecular formula is C22H16F2N2O2S. The molecular weight excluding hydrogens is 394 g/mol. The lowest BCUT2D eigenvalue weighted by Gasteiger charge is -2.25. The predicted molar refractivity (Wildman–Crippen MR) is 110 cm³/mol. The average molecular weight is 410 g/mol. The van der Waals surface area contributed by atoms with Gasteiger partial charge in [-0.25, -0.2) is 8.78 Å². The number of anilines is 2. The summed E-state index contributed by atoms with van der Waals surface area (Å²) in [6.07, 6.45) is 0. The maximum Gasteiger partial charge on any atom is 0.255 e. The fraction of sp³-hybridized carbons (Fsp3) is 0.0909. The summed E-state index contributed by atoms with van der Waals surface area (Å²) in [5.41, 5.74) is 1.98. The molecule has 4 rings (SSSR count). The van der Waals surface area contributed by atoms with E-state index in [4.69, 9.17) is 0 Å². The lowest BCUT2D eigenvalue weighted by molar-refractivity contribution is -0.115. The Balaban J connectivity index is 1.55. The summed E-state index contributed by atoms with van der Waals surface area (Å²) >= 11 is 1.36. The van der Waals surface area contributed by atoms with Crippen molar-refractivity contribution in [3.8, 4) is 0 Å². The number of carbonyl (C=O) groups excluding carboxylic acids is 2. The van der Waals surface area contributed by atoms with Crippen molar-refractivity contribution >= 4 is 35.0 Å². The second kappa shape index (κ2) is 8.05. The van der Waals surface area contributed by atoms with Crippen molar-refractivity contribution in [2.24, 2.45) is 0 Å². The zero-order valence-electron chi connectivity index (χ0n) is 15.1. The van der Waals surface area contributed by atoms with E-state index in [0.29, 0.717) is 11.3 Å². The van der Waals surface area contributed by atoms with Crippen molar-refractivity contribution in [2.45, 2.75) is 5.37 Å². The van der Waals surface area contributed by atoms with Gasteiger partial charge in [-0.1, -0.05) is 30.3 Å². The summed E-state index contributed by atoms with van der Waals surface area (Å²) in [5.74, 6) is -1.74. The number of benzene rings is 3. The Morgan fingerprint density at radius 1 is 1.00 bits per heavy atom. The minimum Gasteiger partial charge on any atom is -0.322 e. The number of rotatable bonds is 4. The molecule has 7 heteroatoms.